The number of rotatable bonds is 5. The quantitative estimate of drug-likeness (QED) is 0.881. The second-order valence-corrected chi connectivity index (χ2v) is 6.39. The molecule has 110 valence electrons. The summed E-state index contributed by atoms with van der Waals surface area (Å²) in [5.74, 6) is 1.03. The van der Waals surface area contributed by atoms with Gasteiger partial charge < -0.3 is 15.0 Å². The maximum atomic E-state index is 9.21. The zero-order valence-corrected chi connectivity index (χ0v) is 12.8. The lowest BCUT2D eigenvalue weighted by molar-refractivity contribution is 0.195. The van der Waals surface area contributed by atoms with Crippen molar-refractivity contribution in [1.29, 1.82) is 0 Å². The largest absolute Gasteiger partial charge is 0.396 e. The lowest BCUT2D eigenvalue weighted by Crippen LogP contribution is -2.41. The van der Waals surface area contributed by atoms with Gasteiger partial charge in [0.2, 0.25) is 0 Å². The van der Waals surface area contributed by atoms with Gasteiger partial charge in [-0.25, -0.2) is 4.98 Å². The number of imidazole rings is 1. The van der Waals surface area contributed by atoms with E-state index in [0.717, 1.165) is 23.3 Å². The molecule has 2 aromatic rings. The summed E-state index contributed by atoms with van der Waals surface area (Å²) < 4.78 is 2.13. The van der Waals surface area contributed by atoms with Gasteiger partial charge in [-0.2, -0.15) is 0 Å². The van der Waals surface area contributed by atoms with Crippen LogP contribution in [-0.4, -0.2) is 27.3 Å². The fourth-order valence-electron chi connectivity index (χ4n) is 2.54. The lowest BCUT2D eigenvalue weighted by Gasteiger charge is -2.31. The molecule has 0 saturated heterocycles. The first-order chi connectivity index (χ1) is 9.43. The molecule has 0 saturated carbocycles. The van der Waals surface area contributed by atoms with Crippen molar-refractivity contribution in [2.24, 2.45) is 12.5 Å². The second-order valence-electron chi connectivity index (χ2n) is 6.39. The zero-order chi connectivity index (χ0) is 14.8. The van der Waals surface area contributed by atoms with Crippen LogP contribution in [0.3, 0.4) is 0 Å². The number of aliphatic hydroxyl groups excluding tert-OH is 1. The molecule has 0 spiro atoms. The number of para-hydroxylation sites is 2. The summed E-state index contributed by atoms with van der Waals surface area (Å²) >= 11 is 0. The van der Waals surface area contributed by atoms with Crippen LogP contribution in [0.1, 0.15) is 33.0 Å². The minimum absolute atomic E-state index is 0.118. The Morgan fingerprint density at radius 3 is 2.60 bits per heavy atom. The molecule has 0 bridgehead atoms. The highest BCUT2D eigenvalue weighted by atomic mass is 16.3. The van der Waals surface area contributed by atoms with Crippen molar-refractivity contribution in [1.82, 2.24) is 14.9 Å². The van der Waals surface area contributed by atoms with Crippen molar-refractivity contribution < 1.29 is 5.11 Å². The molecule has 4 heteroatoms. The van der Waals surface area contributed by atoms with Gasteiger partial charge in [-0.05, 0) is 24.0 Å². The molecular weight excluding hydrogens is 250 g/mol. The Morgan fingerprint density at radius 2 is 2.00 bits per heavy atom. The fourth-order valence-corrected chi connectivity index (χ4v) is 2.54. The number of aliphatic hydroxyl groups is 1. The van der Waals surface area contributed by atoms with E-state index < -0.39 is 0 Å². The Balaban J connectivity index is 2.14. The van der Waals surface area contributed by atoms with Crippen LogP contribution in [0.2, 0.25) is 0 Å². The summed E-state index contributed by atoms with van der Waals surface area (Å²) in [6, 6.07) is 8.43. The monoisotopic (exact) mass is 275 g/mol. The molecule has 1 unspecified atom stereocenters. The second kappa shape index (κ2) is 5.94. The van der Waals surface area contributed by atoms with E-state index in [0.29, 0.717) is 6.54 Å². The fraction of sp³-hybridized carbons (Fsp3) is 0.562. The van der Waals surface area contributed by atoms with Gasteiger partial charge in [-0.3, -0.25) is 0 Å². The van der Waals surface area contributed by atoms with Crippen LogP contribution >= 0.6 is 0 Å². The predicted molar refractivity (Wildman–Crippen MR) is 82.5 cm³/mol. The third-order valence-corrected chi connectivity index (χ3v) is 3.85. The zero-order valence-electron chi connectivity index (χ0n) is 12.8. The van der Waals surface area contributed by atoms with Crippen molar-refractivity contribution in [3.05, 3.63) is 30.1 Å². The average Bonchev–Trinajstić information content (AvgIpc) is 2.71. The molecular formula is C16H25N3O. The van der Waals surface area contributed by atoms with E-state index in [1.165, 1.54) is 0 Å². The minimum Gasteiger partial charge on any atom is -0.396 e. The van der Waals surface area contributed by atoms with E-state index in [-0.39, 0.29) is 18.1 Å². The van der Waals surface area contributed by atoms with E-state index in [4.69, 9.17) is 0 Å². The molecule has 0 aliphatic rings. The van der Waals surface area contributed by atoms with Gasteiger partial charge in [0.05, 0.1) is 17.6 Å². The van der Waals surface area contributed by atoms with Gasteiger partial charge in [0.25, 0.3) is 0 Å². The smallest absolute Gasteiger partial charge is 0.123 e. The molecule has 2 N–H and O–H groups in total. The van der Waals surface area contributed by atoms with E-state index in [9.17, 15) is 5.11 Å². The highest BCUT2D eigenvalue weighted by molar-refractivity contribution is 5.75. The molecule has 0 aliphatic carbocycles. The van der Waals surface area contributed by atoms with E-state index in [2.05, 4.69) is 41.7 Å². The van der Waals surface area contributed by atoms with Gasteiger partial charge in [-0.1, -0.05) is 32.9 Å². The Morgan fingerprint density at radius 1 is 1.30 bits per heavy atom. The molecule has 0 radical (unpaired) electrons. The van der Waals surface area contributed by atoms with E-state index in [1.807, 2.05) is 25.2 Å². The number of hydrogen-bond acceptors (Lipinski definition) is 3. The first-order valence-corrected chi connectivity index (χ1v) is 7.18. The van der Waals surface area contributed by atoms with Gasteiger partial charge in [-0.15, -0.1) is 0 Å². The average molecular weight is 275 g/mol. The van der Waals surface area contributed by atoms with Gasteiger partial charge >= 0.3 is 0 Å². The van der Waals surface area contributed by atoms with Gasteiger partial charge in [0.1, 0.15) is 5.82 Å². The molecule has 20 heavy (non-hydrogen) atoms. The third-order valence-electron chi connectivity index (χ3n) is 3.85. The standard InChI is InChI=1S/C16H25N3O/c1-16(2,3)14(9-10-20)17-11-15-18-12-7-5-6-8-13(12)19(15)4/h5-8,14,17,20H,9-11H2,1-4H3. The van der Waals surface area contributed by atoms with Gasteiger partial charge in [0, 0.05) is 19.7 Å². The van der Waals surface area contributed by atoms with Crippen LogP contribution in [0.15, 0.2) is 24.3 Å². The summed E-state index contributed by atoms with van der Waals surface area (Å²) in [6.45, 7) is 7.49. The Hall–Kier alpha value is -1.39. The molecule has 1 aromatic carbocycles. The van der Waals surface area contributed by atoms with Gasteiger partial charge in [0.15, 0.2) is 0 Å². The molecule has 2 rings (SSSR count). The maximum absolute atomic E-state index is 9.21. The third kappa shape index (κ3) is 3.19. The number of benzene rings is 1. The molecule has 1 aromatic heterocycles. The first-order valence-electron chi connectivity index (χ1n) is 7.18. The molecule has 1 atom stereocenters. The first kappa shape index (κ1) is 15.0. The Kier molecular flexibility index (Phi) is 4.45. The number of nitrogens with zero attached hydrogens (tertiary/aromatic N) is 2. The van der Waals surface area contributed by atoms with Crippen molar-refractivity contribution in [2.75, 3.05) is 6.61 Å². The summed E-state index contributed by atoms with van der Waals surface area (Å²) in [5, 5.41) is 12.7. The predicted octanol–water partition coefficient (Wildman–Crippen LogP) is 2.46. The van der Waals surface area contributed by atoms with E-state index >= 15 is 0 Å². The van der Waals surface area contributed by atoms with Crippen LogP contribution in [0.4, 0.5) is 0 Å². The topological polar surface area (TPSA) is 50.1 Å². The van der Waals surface area contributed by atoms with Crippen LogP contribution in [-0.2, 0) is 13.6 Å². The Labute approximate surface area is 120 Å². The summed E-state index contributed by atoms with van der Waals surface area (Å²) in [5.41, 5.74) is 2.30. The SMILES string of the molecule is Cn1c(CNC(CCO)C(C)(C)C)nc2ccccc21. The number of aryl methyl sites for hydroxylation is 1. The summed E-state index contributed by atoms with van der Waals surface area (Å²) in [6.07, 6.45) is 0.757. The van der Waals surface area contributed by atoms with E-state index in [1.54, 1.807) is 0 Å². The summed E-state index contributed by atoms with van der Waals surface area (Å²) in [4.78, 5) is 4.66. The normalized spacial score (nSPS) is 13.8. The molecule has 1 heterocycles. The Bertz CT molecular complexity index is 569. The maximum Gasteiger partial charge on any atom is 0.123 e. The van der Waals surface area contributed by atoms with Crippen molar-refractivity contribution >= 4 is 11.0 Å². The van der Waals surface area contributed by atoms with Crippen LogP contribution in [0.25, 0.3) is 11.0 Å². The van der Waals surface area contributed by atoms with Crippen molar-refractivity contribution in [2.45, 2.75) is 39.8 Å². The molecule has 0 fully saturated rings. The molecule has 0 aliphatic heterocycles. The molecule has 0 amide bonds. The number of nitrogens with one attached hydrogen (secondary N) is 1. The minimum atomic E-state index is 0.118. The number of fused-ring (bicyclic) bond motifs is 1. The molecule has 4 nitrogen and oxygen atoms in total. The van der Waals surface area contributed by atoms with Crippen LogP contribution < -0.4 is 5.32 Å². The highest BCUT2D eigenvalue weighted by Gasteiger charge is 2.24. The van der Waals surface area contributed by atoms with Crippen molar-refractivity contribution in [3.63, 3.8) is 0 Å². The number of aromatic nitrogens is 2. The highest BCUT2D eigenvalue weighted by Crippen LogP contribution is 2.22. The lowest BCUT2D eigenvalue weighted by atomic mass is 9.85. The summed E-state index contributed by atoms with van der Waals surface area (Å²) in [7, 11) is 2.05. The number of hydrogen-bond donors (Lipinski definition) is 2. The van der Waals surface area contributed by atoms with Crippen LogP contribution in [0, 0.1) is 5.41 Å². The van der Waals surface area contributed by atoms with Crippen LogP contribution in [0.5, 0.6) is 0 Å². The van der Waals surface area contributed by atoms with Crippen molar-refractivity contribution in [3.8, 4) is 0 Å².